The van der Waals surface area contributed by atoms with E-state index in [9.17, 15) is 9.59 Å². The highest BCUT2D eigenvalue weighted by Gasteiger charge is 2.16. The lowest BCUT2D eigenvalue weighted by atomic mass is 10.0. The number of hydrogen-bond acceptors (Lipinski definition) is 4. The van der Waals surface area contributed by atoms with Gasteiger partial charge in [-0.15, -0.1) is 0 Å². The first-order valence-electron chi connectivity index (χ1n) is 9.99. The van der Waals surface area contributed by atoms with E-state index in [1.54, 1.807) is 0 Å². The van der Waals surface area contributed by atoms with Gasteiger partial charge in [0.2, 0.25) is 0 Å². The highest BCUT2D eigenvalue weighted by atomic mass is 31.1. The van der Waals surface area contributed by atoms with Crippen molar-refractivity contribution in [3.8, 4) is 0 Å². The predicted octanol–water partition coefficient (Wildman–Crippen LogP) is 4.62. The monoisotopic (exact) mass is 375 g/mol. The third-order valence-corrected chi connectivity index (χ3v) is 5.40. The molecule has 5 nitrogen and oxygen atoms in total. The average molecular weight is 375 g/mol. The van der Waals surface area contributed by atoms with Crippen LogP contribution >= 0.6 is 8.73 Å². The Morgan fingerprint density at radius 2 is 1.28 bits per heavy atom. The number of aliphatic carboxylic acids is 1. The normalized spacial score (nSPS) is 12.7. The molecule has 0 aliphatic heterocycles. The van der Waals surface area contributed by atoms with Crippen LogP contribution in [-0.2, 0) is 9.59 Å². The standard InChI is InChI=1S/C19H38NO4P/c1-2-3-4-5-6-7-8-9-10-11-12-13-14-15-18(22)25-20-17(16-21)19(23)24/h17,20-21,25H,2-16H2,1H3,(H,23,24). The summed E-state index contributed by atoms with van der Waals surface area (Å²) in [6, 6.07) is -1.03. The first-order valence-corrected chi connectivity index (χ1v) is 11.0. The second-order valence-corrected chi connectivity index (χ2v) is 7.85. The summed E-state index contributed by atoms with van der Waals surface area (Å²) in [6.07, 6.45) is 17.1. The molecule has 3 N–H and O–H groups in total. The fourth-order valence-electron chi connectivity index (χ4n) is 2.72. The molecule has 0 saturated carbocycles. The molecule has 148 valence electrons. The Kier molecular flexibility index (Phi) is 17.9. The van der Waals surface area contributed by atoms with Crippen molar-refractivity contribution in [2.45, 2.75) is 103 Å². The molecular formula is C19H38NO4P. The molecule has 0 rings (SSSR count). The smallest absolute Gasteiger partial charge is 0.323 e. The molecule has 0 aliphatic rings. The third kappa shape index (κ3) is 16.7. The summed E-state index contributed by atoms with van der Waals surface area (Å²) in [4.78, 5) is 22.4. The van der Waals surface area contributed by atoms with Crippen LogP contribution in [-0.4, -0.2) is 34.4 Å². The first-order chi connectivity index (χ1) is 12.1. The molecule has 0 aromatic rings. The molecule has 25 heavy (non-hydrogen) atoms. The number of hydrogen-bond donors (Lipinski definition) is 3. The van der Waals surface area contributed by atoms with Gasteiger partial charge in [-0.3, -0.25) is 14.7 Å². The van der Waals surface area contributed by atoms with Crippen molar-refractivity contribution in [2.75, 3.05) is 6.61 Å². The van der Waals surface area contributed by atoms with Crippen LogP contribution in [0.1, 0.15) is 96.8 Å². The topological polar surface area (TPSA) is 86.6 Å². The van der Waals surface area contributed by atoms with Crippen molar-refractivity contribution in [2.24, 2.45) is 0 Å². The molecule has 0 fully saturated rings. The number of nitrogens with one attached hydrogen (secondary N) is 1. The van der Waals surface area contributed by atoms with E-state index in [2.05, 4.69) is 12.0 Å². The molecule has 0 heterocycles. The Balaban J connectivity index is 3.30. The van der Waals surface area contributed by atoms with Crippen molar-refractivity contribution in [3.05, 3.63) is 0 Å². The number of aliphatic hydroxyl groups excluding tert-OH is 1. The van der Waals surface area contributed by atoms with Crippen LogP contribution in [0.3, 0.4) is 0 Å². The van der Waals surface area contributed by atoms with Gasteiger partial charge in [0.05, 0.1) is 6.61 Å². The number of unbranched alkanes of at least 4 members (excludes halogenated alkanes) is 12. The lowest BCUT2D eigenvalue weighted by Gasteiger charge is -2.10. The maximum Gasteiger partial charge on any atom is 0.323 e. The van der Waals surface area contributed by atoms with E-state index in [0.717, 1.165) is 12.8 Å². The van der Waals surface area contributed by atoms with Crippen LogP contribution in [0.5, 0.6) is 0 Å². The molecule has 6 heteroatoms. The molecular weight excluding hydrogens is 337 g/mol. The van der Waals surface area contributed by atoms with E-state index in [4.69, 9.17) is 10.2 Å². The van der Waals surface area contributed by atoms with E-state index < -0.39 is 18.6 Å². The number of carbonyl (C=O) groups is 2. The first kappa shape index (κ1) is 24.5. The van der Waals surface area contributed by atoms with Gasteiger partial charge in [-0.1, -0.05) is 84.0 Å². The van der Waals surface area contributed by atoms with Gasteiger partial charge >= 0.3 is 5.97 Å². The van der Waals surface area contributed by atoms with Crippen molar-refractivity contribution < 1.29 is 19.8 Å². The van der Waals surface area contributed by atoms with Gasteiger partial charge in [-0.25, -0.2) is 0 Å². The molecule has 0 saturated heterocycles. The minimum Gasteiger partial charge on any atom is -0.480 e. The zero-order valence-electron chi connectivity index (χ0n) is 15.9. The van der Waals surface area contributed by atoms with Crippen LogP contribution in [0.15, 0.2) is 0 Å². The van der Waals surface area contributed by atoms with Crippen molar-refractivity contribution in [1.29, 1.82) is 0 Å². The molecule has 0 aliphatic carbocycles. The SMILES string of the molecule is CCCCCCCCCCCCCCCC(=O)PNC(CO)C(=O)O. The van der Waals surface area contributed by atoms with Crippen molar-refractivity contribution >= 4 is 20.2 Å². The summed E-state index contributed by atoms with van der Waals surface area (Å²) in [5.74, 6) is -1.12. The Morgan fingerprint density at radius 1 is 0.840 bits per heavy atom. The molecule has 0 bridgehead atoms. The van der Waals surface area contributed by atoms with Crippen LogP contribution < -0.4 is 5.09 Å². The summed E-state index contributed by atoms with van der Waals surface area (Å²) in [7, 11) is -0.233. The Bertz CT molecular complexity index is 339. The molecule has 2 unspecified atom stereocenters. The quantitative estimate of drug-likeness (QED) is 0.226. The summed E-state index contributed by atoms with van der Waals surface area (Å²) in [5, 5.41) is 20.2. The maximum absolute atomic E-state index is 11.7. The van der Waals surface area contributed by atoms with Crippen molar-refractivity contribution in [3.63, 3.8) is 0 Å². The molecule has 0 radical (unpaired) electrons. The number of rotatable bonds is 19. The van der Waals surface area contributed by atoms with E-state index in [1.807, 2.05) is 0 Å². The number of carbonyl (C=O) groups excluding carboxylic acids is 1. The van der Waals surface area contributed by atoms with Gasteiger partial charge in [0.25, 0.3) is 0 Å². The van der Waals surface area contributed by atoms with Crippen LogP contribution in [0.25, 0.3) is 0 Å². The van der Waals surface area contributed by atoms with Gasteiger partial charge in [-0.2, -0.15) is 0 Å². The van der Waals surface area contributed by atoms with E-state index in [1.165, 1.54) is 70.6 Å². The Morgan fingerprint density at radius 3 is 1.68 bits per heavy atom. The van der Waals surface area contributed by atoms with Crippen LogP contribution in [0.4, 0.5) is 0 Å². The summed E-state index contributed by atoms with van der Waals surface area (Å²) >= 11 is 0. The van der Waals surface area contributed by atoms with Crippen LogP contribution in [0, 0.1) is 0 Å². The fourth-order valence-corrected chi connectivity index (χ4v) is 3.57. The average Bonchev–Trinajstić information content (AvgIpc) is 2.59. The second-order valence-electron chi connectivity index (χ2n) is 6.76. The molecule has 0 aromatic carbocycles. The highest BCUT2D eigenvalue weighted by molar-refractivity contribution is 7.55. The summed E-state index contributed by atoms with van der Waals surface area (Å²) in [6.45, 7) is 1.76. The Hall–Kier alpha value is -0.510. The molecule has 0 aromatic heterocycles. The molecule has 0 amide bonds. The maximum atomic E-state index is 11.7. The van der Waals surface area contributed by atoms with Gasteiger partial charge in [-0.05, 0) is 6.42 Å². The summed E-state index contributed by atoms with van der Waals surface area (Å²) < 4.78 is 0. The number of carboxylic acids is 1. The third-order valence-electron chi connectivity index (χ3n) is 4.37. The minimum atomic E-state index is -1.12. The van der Waals surface area contributed by atoms with Crippen LogP contribution in [0.2, 0.25) is 0 Å². The van der Waals surface area contributed by atoms with E-state index in [0.29, 0.717) is 6.42 Å². The molecule has 0 spiro atoms. The van der Waals surface area contributed by atoms with E-state index >= 15 is 0 Å². The van der Waals surface area contributed by atoms with Gasteiger partial charge in [0.1, 0.15) is 6.04 Å². The zero-order valence-corrected chi connectivity index (χ0v) is 16.9. The fraction of sp³-hybridized carbons (Fsp3) is 0.895. The lowest BCUT2D eigenvalue weighted by Crippen LogP contribution is -2.35. The summed E-state index contributed by atoms with van der Waals surface area (Å²) in [5.41, 5.74) is 0.0442. The van der Waals surface area contributed by atoms with Gasteiger partial charge in [0, 0.05) is 15.2 Å². The zero-order chi connectivity index (χ0) is 18.8. The number of aliphatic hydroxyl groups is 1. The minimum absolute atomic E-state index is 0.0442. The van der Waals surface area contributed by atoms with Gasteiger partial charge in [0.15, 0.2) is 5.52 Å². The molecule has 2 atom stereocenters. The van der Waals surface area contributed by atoms with Crippen molar-refractivity contribution in [1.82, 2.24) is 5.09 Å². The number of carboxylic acid groups (broad SMARTS) is 1. The lowest BCUT2D eigenvalue weighted by molar-refractivity contribution is -0.139. The van der Waals surface area contributed by atoms with E-state index in [-0.39, 0.29) is 14.3 Å². The highest BCUT2D eigenvalue weighted by Crippen LogP contribution is 2.16. The Labute approximate surface area is 155 Å². The second kappa shape index (κ2) is 18.3. The largest absolute Gasteiger partial charge is 0.480 e. The predicted molar refractivity (Wildman–Crippen MR) is 105 cm³/mol. The van der Waals surface area contributed by atoms with Gasteiger partial charge < -0.3 is 10.2 Å².